The van der Waals surface area contributed by atoms with Gasteiger partial charge in [-0.05, 0) is 42.7 Å². The fourth-order valence-corrected chi connectivity index (χ4v) is 5.71. The molecule has 11 nitrogen and oxygen atoms in total. The van der Waals surface area contributed by atoms with Crippen molar-refractivity contribution in [2.75, 3.05) is 25.9 Å². The lowest BCUT2D eigenvalue weighted by Gasteiger charge is -2.26. The monoisotopic (exact) mass is 625 g/mol. The van der Waals surface area contributed by atoms with Crippen LogP contribution in [0.1, 0.15) is 28.8 Å². The Bertz CT molecular complexity index is 1530. The van der Waals surface area contributed by atoms with Gasteiger partial charge in [0.05, 0.1) is 10.9 Å². The highest BCUT2D eigenvalue weighted by Gasteiger charge is 2.44. The summed E-state index contributed by atoms with van der Waals surface area (Å²) in [6.07, 6.45) is 2.66. The molecule has 2 aliphatic rings. The second-order valence-electron chi connectivity index (χ2n) is 10.2. The maximum atomic E-state index is 13.9. The Morgan fingerprint density at radius 3 is 2.23 bits per heavy atom. The zero-order valence-corrected chi connectivity index (χ0v) is 23.8. The topological polar surface area (TPSA) is 175 Å². The summed E-state index contributed by atoms with van der Waals surface area (Å²) in [7, 11) is -3.46. The van der Waals surface area contributed by atoms with E-state index in [0.717, 1.165) is 12.3 Å². The Morgan fingerprint density at radius 2 is 1.63 bits per heavy atom. The smallest absolute Gasteiger partial charge is 0.328 e. The SMILES string of the molecule is CS(=O)(=O)c1cccc(C(=O)N2C[C@@H]3CCN(C(=O)CC(N)Cc4cc(F)c(F)cc4F)[C@@H]3C2)c1.O=C(O)C=CC(=O)O. The molecular weight excluding hydrogens is 595 g/mol. The maximum Gasteiger partial charge on any atom is 0.328 e. The van der Waals surface area contributed by atoms with Crippen LogP contribution in [0.3, 0.4) is 0 Å². The molecule has 1 unspecified atom stereocenters. The van der Waals surface area contributed by atoms with Crippen molar-refractivity contribution in [3.8, 4) is 0 Å². The van der Waals surface area contributed by atoms with Crippen LogP contribution in [0.25, 0.3) is 0 Å². The first kappa shape index (κ1) is 33.3. The molecule has 2 aromatic carbocycles. The first-order valence-corrected chi connectivity index (χ1v) is 14.9. The van der Waals surface area contributed by atoms with Crippen molar-refractivity contribution in [3.05, 3.63) is 77.1 Å². The quantitative estimate of drug-likeness (QED) is 0.292. The van der Waals surface area contributed by atoms with Gasteiger partial charge in [-0.1, -0.05) is 6.07 Å². The van der Waals surface area contributed by atoms with Crippen molar-refractivity contribution < 1.29 is 51.0 Å². The molecule has 15 heteroatoms. The van der Waals surface area contributed by atoms with Gasteiger partial charge in [0.15, 0.2) is 21.5 Å². The van der Waals surface area contributed by atoms with Gasteiger partial charge in [0.1, 0.15) is 5.82 Å². The van der Waals surface area contributed by atoms with Crippen LogP contribution in [0, 0.1) is 23.4 Å². The van der Waals surface area contributed by atoms with E-state index in [1.807, 2.05) is 0 Å². The summed E-state index contributed by atoms with van der Waals surface area (Å²) >= 11 is 0. The summed E-state index contributed by atoms with van der Waals surface area (Å²) in [5.41, 5.74) is 6.19. The van der Waals surface area contributed by atoms with Crippen LogP contribution >= 0.6 is 0 Å². The third kappa shape index (κ3) is 8.88. The Labute approximate surface area is 245 Å². The van der Waals surface area contributed by atoms with Crippen molar-refractivity contribution in [1.29, 1.82) is 0 Å². The van der Waals surface area contributed by atoms with Gasteiger partial charge in [0.2, 0.25) is 5.91 Å². The highest BCUT2D eigenvalue weighted by atomic mass is 32.2. The standard InChI is InChI=1S/C24H26F3N3O4S.C4H4O4/c1-35(33,34)18-4-2-3-14(8-18)24(32)29-12-15-5-6-30(22(15)13-29)23(31)10-17(28)7-16-9-20(26)21(27)11-19(16)25;5-3(6)1-2-4(7)8/h2-4,8-9,11,15,17,22H,5-7,10,12-13,28H2,1H3;1-2H,(H,5,6)(H,7,8)/t15-,17?,22+;/m0./s1. The molecule has 2 saturated heterocycles. The van der Waals surface area contributed by atoms with E-state index in [0.29, 0.717) is 44.3 Å². The highest BCUT2D eigenvalue weighted by Crippen LogP contribution is 2.33. The van der Waals surface area contributed by atoms with Crippen molar-refractivity contribution >= 4 is 33.6 Å². The molecule has 0 bridgehead atoms. The molecule has 0 radical (unpaired) electrons. The third-order valence-electron chi connectivity index (χ3n) is 7.04. The Kier molecular flexibility index (Phi) is 10.7. The number of nitrogens with two attached hydrogens (primary N) is 1. The predicted octanol–water partition coefficient (Wildman–Crippen LogP) is 1.85. The predicted molar refractivity (Wildman–Crippen MR) is 146 cm³/mol. The summed E-state index contributed by atoms with van der Waals surface area (Å²) in [4.78, 5) is 48.4. The number of carboxylic acids is 2. The molecule has 43 heavy (non-hydrogen) atoms. The molecule has 2 heterocycles. The van der Waals surface area contributed by atoms with Crippen LogP contribution in [0.15, 0.2) is 53.4 Å². The second-order valence-corrected chi connectivity index (χ2v) is 12.3. The Balaban J connectivity index is 0.000000557. The van der Waals surface area contributed by atoms with Crippen molar-refractivity contribution in [2.24, 2.45) is 11.7 Å². The van der Waals surface area contributed by atoms with Gasteiger partial charge in [0, 0.05) is 68.1 Å². The summed E-state index contributed by atoms with van der Waals surface area (Å²) in [6, 6.07) is 6.08. The molecule has 3 atom stereocenters. The van der Waals surface area contributed by atoms with E-state index < -0.39 is 45.3 Å². The highest BCUT2D eigenvalue weighted by molar-refractivity contribution is 7.90. The van der Waals surface area contributed by atoms with Crippen molar-refractivity contribution in [1.82, 2.24) is 9.80 Å². The van der Waals surface area contributed by atoms with Gasteiger partial charge in [0.25, 0.3) is 5.91 Å². The average molecular weight is 626 g/mol. The molecule has 2 aliphatic heterocycles. The van der Waals surface area contributed by atoms with Crippen molar-refractivity contribution in [3.63, 3.8) is 0 Å². The maximum absolute atomic E-state index is 13.9. The minimum Gasteiger partial charge on any atom is -0.478 e. The molecule has 0 aromatic heterocycles. The molecule has 4 rings (SSSR count). The van der Waals surface area contributed by atoms with Gasteiger partial charge >= 0.3 is 11.9 Å². The average Bonchev–Trinajstić information content (AvgIpc) is 3.51. The fraction of sp³-hybridized carbons (Fsp3) is 0.357. The molecule has 0 spiro atoms. The van der Waals surface area contributed by atoms with Crippen LogP contribution in [0.4, 0.5) is 13.2 Å². The van der Waals surface area contributed by atoms with E-state index in [9.17, 15) is 40.8 Å². The van der Waals surface area contributed by atoms with E-state index in [1.54, 1.807) is 15.9 Å². The van der Waals surface area contributed by atoms with Gasteiger partial charge in [-0.25, -0.2) is 31.2 Å². The zero-order valence-electron chi connectivity index (χ0n) is 23.0. The summed E-state index contributed by atoms with van der Waals surface area (Å²) in [5.74, 6) is -6.37. The number of benzene rings is 2. The minimum atomic E-state index is -3.46. The van der Waals surface area contributed by atoms with E-state index in [-0.39, 0.29) is 52.6 Å². The number of hydrogen-bond donors (Lipinski definition) is 3. The lowest BCUT2D eigenvalue weighted by molar-refractivity contribution is -0.134. The largest absolute Gasteiger partial charge is 0.478 e. The van der Waals surface area contributed by atoms with Gasteiger partial charge < -0.3 is 25.7 Å². The number of aliphatic carboxylic acids is 2. The van der Waals surface area contributed by atoms with Crippen molar-refractivity contribution in [2.45, 2.75) is 36.2 Å². The molecule has 0 aliphatic carbocycles. The van der Waals surface area contributed by atoms with E-state index in [4.69, 9.17) is 15.9 Å². The van der Waals surface area contributed by atoms with E-state index in [2.05, 4.69) is 0 Å². The van der Waals surface area contributed by atoms with Gasteiger partial charge in [-0.15, -0.1) is 0 Å². The Morgan fingerprint density at radius 1 is 1.00 bits per heavy atom. The summed E-state index contributed by atoms with van der Waals surface area (Å²) < 4.78 is 64.2. The number of sulfone groups is 1. The number of carbonyl (C=O) groups is 4. The molecule has 4 N–H and O–H groups in total. The lowest BCUT2D eigenvalue weighted by Crippen LogP contribution is -2.43. The first-order valence-electron chi connectivity index (χ1n) is 13.0. The number of nitrogens with zero attached hydrogens (tertiary/aromatic N) is 2. The van der Waals surface area contributed by atoms with Gasteiger partial charge in [-0.2, -0.15) is 0 Å². The van der Waals surface area contributed by atoms with Crippen LogP contribution in [-0.4, -0.2) is 90.2 Å². The zero-order chi connectivity index (χ0) is 32.1. The summed E-state index contributed by atoms with van der Waals surface area (Å²) in [5, 5.41) is 15.6. The minimum absolute atomic E-state index is 0.0611. The lowest BCUT2D eigenvalue weighted by atomic mass is 10.0. The summed E-state index contributed by atoms with van der Waals surface area (Å²) in [6.45, 7) is 1.26. The van der Waals surface area contributed by atoms with Crippen LogP contribution in [0.5, 0.6) is 0 Å². The first-order chi connectivity index (χ1) is 20.1. The van der Waals surface area contributed by atoms with E-state index in [1.165, 1.54) is 18.2 Å². The molecule has 0 saturated carbocycles. The van der Waals surface area contributed by atoms with Crippen LogP contribution in [-0.2, 0) is 30.6 Å². The number of fused-ring (bicyclic) bond motifs is 1. The molecule has 2 amide bonds. The number of halogens is 3. The molecule has 2 fully saturated rings. The second kappa shape index (κ2) is 13.8. The third-order valence-corrected chi connectivity index (χ3v) is 8.15. The van der Waals surface area contributed by atoms with Crippen LogP contribution in [0.2, 0.25) is 0 Å². The molecule has 2 aromatic rings. The van der Waals surface area contributed by atoms with Gasteiger partial charge in [-0.3, -0.25) is 9.59 Å². The number of likely N-dealkylation sites (tertiary alicyclic amines) is 2. The number of carboxylic acid groups (broad SMARTS) is 2. The number of rotatable bonds is 8. The fourth-order valence-electron chi connectivity index (χ4n) is 5.04. The number of hydrogen-bond acceptors (Lipinski definition) is 7. The molecular formula is C28H30F3N3O8S. The van der Waals surface area contributed by atoms with E-state index >= 15 is 0 Å². The number of carbonyl (C=O) groups excluding carboxylic acids is 2. The Hall–Kier alpha value is -4.24. The normalized spacial score (nSPS) is 18.6. The molecule has 232 valence electrons. The van der Waals surface area contributed by atoms with Crippen LogP contribution < -0.4 is 5.73 Å². The number of amides is 2.